The largest absolute Gasteiger partial charge is 0.315 e. The number of benzene rings is 1. The van der Waals surface area contributed by atoms with Crippen molar-refractivity contribution in [3.05, 3.63) is 40.7 Å². The van der Waals surface area contributed by atoms with E-state index in [-0.39, 0.29) is 0 Å². The van der Waals surface area contributed by atoms with Crippen LogP contribution in [0, 0.1) is 6.92 Å². The Morgan fingerprint density at radius 1 is 1.53 bits per heavy atom. The van der Waals surface area contributed by atoms with Gasteiger partial charge in [-0.15, -0.1) is 5.10 Å². The van der Waals surface area contributed by atoms with Crippen molar-refractivity contribution >= 4 is 11.6 Å². The minimum absolute atomic E-state index is 0.446. The van der Waals surface area contributed by atoms with Crippen LogP contribution >= 0.6 is 11.6 Å². The van der Waals surface area contributed by atoms with E-state index in [1.807, 2.05) is 24.5 Å². The first-order valence-corrected chi connectivity index (χ1v) is 5.33. The first-order valence-electron chi connectivity index (χ1n) is 4.96. The number of hydroxylamine groups is 1. The number of aryl methyl sites for hydroxylation is 1. The molecule has 0 aliphatic heterocycles. The fourth-order valence-corrected chi connectivity index (χ4v) is 1.71. The van der Waals surface area contributed by atoms with Gasteiger partial charge in [0.1, 0.15) is 11.9 Å². The number of nitrogens with two attached hydrogens (primary N) is 1. The lowest BCUT2D eigenvalue weighted by Gasteiger charge is -2.05. The van der Waals surface area contributed by atoms with Crippen molar-refractivity contribution in [2.45, 2.75) is 13.1 Å². The van der Waals surface area contributed by atoms with Crippen LogP contribution in [-0.2, 0) is 0 Å². The number of hydrogen-bond acceptors (Lipinski definition) is 5. The smallest absolute Gasteiger partial charge is 0.125 e. The Balaban J connectivity index is 2.37. The standard InChI is InChI=1S/C10H12ClN5O/c1-6-4-7(11)2-3-9(6)16-5-8(13-15-16)10(12)14-17/h2-5,10,14,17H,12H2,1H3. The summed E-state index contributed by atoms with van der Waals surface area (Å²) in [7, 11) is 0. The molecule has 0 amide bonds. The molecule has 17 heavy (non-hydrogen) atoms. The average Bonchev–Trinajstić information content (AvgIpc) is 2.77. The normalized spacial score (nSPS) is 12.7. The molecule has 0 radical (unpaired) electrons. The van der Waals surface area contributed by atoms with Crippen molar-refractivity contribution in [3.63, 3.8) is 0 Å². The molecular weight excluding hydrogens is 242 g/mol. The number of hydrogen-bond donors (Lipinski definition) is 3. The topological polar surface area (TPSA) is 89.0 Å². The first kappa shape index (κ1) is 12.0. The van der Waals surface area contributed by atoms with Gasteiger partial charge >= 0.3 is 0 Å². The maximum Gasteiger partial charge on any atom is 0.125 e. The summed E-state index contributed by atoms with van der Waals surface area (Å²) in [5.74, 6) is 0. The van der Waals surface area contributed by atoms with Gasteiger partial charge in [-0.05, 0) is 30.7 Å². The highest BCUT2D eigenvalue weighted by molar-refractivity contribution is 6.30. The van der Waals surface area contributed by atoms with E-state index in [0.717, 1.165) is 11.3 Å². The van der Waals surface area contributed by atoms with Gasteiger partial charge in [-0.2, -0.15) is 5.48 Å². The molecule has 0 fully saturated rings. The molecule has 1 aromatic heterocycles. The molecule has 90 valence electrons. The summed E-state index contributed by atoms with van der Waals surface area (Å²) >= 11 is 5.87. The molecule has 6 nitrogen and oxygen atoms in total. The zero-order valence-corrected chi connectivity index (χ0v) is 9.89. The molecule has 2 rings (SSSR count). The summed E-state index contributed by atoms with van der Waals surface area (Å²) in [6.45, 7) is 1.92. The minimum Gasteiger partial charge on any atom is -0.315 e. The fourth-order valence-electron chi connectivity index (χ4n) is 1.48. The third-order valence-electron chi connectivity index (χ3n) is 2.37. The Morgan fingerprint density at radius 3 is 2.94 bits per heavy atom. The number of halogens is 1. The van der Waals surface area contributed by atoms with Crippen molar-refractivity contribution in [2.75, 3.05) is 0 Å². The lowest BCUT2D eigenvalue weighted by atomic mass is 10.2. The molecular formula is C10H12ClN5O. The van der Waals surface area contributed by atoms with E-state index in [4.69, 9.17) is 22.5 Å². The lowest BCUT2D eigenvalue weighted by molar-refractivity contribution is 0.127. The molecule has 0 saturated carbocycles. The lowest BCUT2D eigenvalue weighted by Crippen LogP contribution is -2.25. The predicted octanol–water partition coefficient (Wildman–Crippen LogP) is 1.17. The Morgan fingerprint density at radius 2 is 2.29 bits per heavy atom. The molecule has 1 heterocycles. The highest BCUT2D eigenvalue weighted by atomic mass is 35.5. The van der Waals surface area contributed by atoms with Gasteiger partial charge in [0, 0.05) is 5.02 Å². The number of aromatic nitrogens is 3. The SMILES string of the molecule is Cc1cc(Cl)ccc1-n1cc(C(N)NO)nn1. The van der Waals surface area contributed by atoms with Crippen molar-refractivity contribution < 1.29 is 5.21 Å². The van der Waals surface area contributed by atoms with Gasteiger partial charge in [0.2, 0.25) is 0 Å². The summed E-state index contributed by atoms with van der Waals surface area (Å²) < 4.78 is 1.58. The molecule has 0 saturated heterocycles. The molecule has 2 aromatic rings. The molecule has 1 atom stereocenters. The zero-order chi connectivity index (χ0) is 12.4. The number of nitrogens with one attached hydrogen (secondary N) is 1. The van der Waals surface area contributed by atoms with E-state index < -0.39 is 6.17 Å². The quantitative estimate of drug-likeness (QED) is 0.564. The van der Waals surface area contributed by atoms with E-state index in [1.54, 1.807) is 16.9 Å². The van der Waals surface area contributed by atoms with E-state index in [1.165, 1.54) is 0 Å². The summed E-state index contributed by atoms with van der Waals surface area (Å²) in [5.41, 5.74) is 9.74. The van der Waals surface area contributed by atoms with E-state index >= 15 is 0 Å². The van der Waals surface area contributed by atoms with Crippen LogP contribution in [0.4, 0.5) is 0 Å². The average molecular weight is 254 g/mol. The second-order valence-corrected chi connectivity index (χ2v) is 4.06. The second kappa shape index (κ2) is 4.80. The number of rotatable bonds is 3. The van der Waals surface area contributed by atoms with Gasteiger partial charge in [-0.25, -0.2) is 4.68 Å². The van der Waals surface area contributed by atoms with E-state index in [0.29, 0.717) is 10.7 Å². The van der Waals surface area contributed by atoms with Gasteiger partial charge < -0.3 is 10.9 Å². The number of nitrogens with zero attached hydrogens (tertiary/aromatic N) is 3. The van der Waals surface area contributed by atoms with Crippen LogP contribution in [-0.4, -0.2) is 20.2 Å². The Bertz CT molecular complexity index is 527. The third kappa shape index (κ3) is 2.45. The van der Waals surface area contributed by atoms with Crippen LogP contribution in [0.2, 0.25) is 5.02 Å². The fraction of sp³-hybridized carbons (Fsp3) is 0.200. The highest BCUT2D eigenvalue weighted by Gasteiger charge is 2.10. The van der Waals surface area contributed by atoms with Crippen molar-refractivity contribution in [2.24, 2.45) is 5.73 Å². The predicted molar refractivity (Wildman–Crippen MR) is 63.0 cm³/mol. The Kier molecular flexibility index (Phi) is 3.39. The van der Waals surface area contributed by atoms with Crippen LogP contribution in [0.25, 0.3) is 5.69 Å². The molecule has 1 aromatic carbocycles. The summed E-state index contributed by atoms with van der Waals surface area (Å²) in [4.78, 5) is 0. The molecule has 0 aliphatic carbocycles. The van der Waals surface area contributed by atoms with E-state index in [9.17, 15) is 0 Å². The van der Waals surface area contributed by atoms with Crippen LogP contribution < -0.4 is 11.2 Å². The maximum absolute atomic E-state index is 8.69. The van der Waals surface area contributed by atoms with Crippen LogP contribution in [0.15, 0.2) is 24.4 Å². The van der Waals surface area contributed by atoms with Crippen LogP contribution in [0.1, 0.15) is 17.4 Å². The summed E-state index contributed by atoms with van der Waals surface area (Å²) in [5, 5.41) is 17.2. The zero-order valence-electron chi connectivity index (χ0n) is 9.13. The van der Waals surface area contributed by atoms with Gasteiger partial charge in [0.25, 0.3) is 0 Å². The van der Waals surface area contributed by atoms with Crippen LogP contribution in [0.5, 0.6) is 0 Å². The molecule has 0 spiro atoms. The molecule has 1 unspecified atom stereocenters. The highest BCUT2D eigenvalue weighted by Crippen LogP contribution is 2.18. The molecule has 0 aliphatic rings. The summed E-state index contributed by atoms with van der Waals surface area (Å²) in [6, 6.07) is 5.45. The molecule has 7 heteroatoms. The first-order chi connectivity index (χ1) is 8.11. The van der Waals surface area contributed by atoms with E-state index in [2.05, 4.69) is 10.3 Å². The Hall–Kier alpha value is -1.47. The maximum atomic E-state index is 8.69. The summed E-state index contributed by atoms with van der Waals surface area (Å²) in [6.07, 6.45) is 0.890. The van der Waals surface area contributed by atoms with Gasteiger partial charge in [-0.1, -0.05) is 16.8 Å². The Labute approximate surface area is 103 Å². The molecule has 0 bridgehead atoms. The van der Waals surface area contributed by atoms with Crippen LogP contribution in [0.3, 0.4) is 0 Å². The van der Waals surface area contributed by atoms with Crippen molar-refractivity contribution in [1.82, 2.24) is 20.5 Å². The van der Waals surface area contributed by atoms with Gasteiger partial charge in [0.15, 0.2) is 0 Å². The van der Waals surface area contributed by atoms with Gasteiger partial charge in [-0.3, -0.25) is 0 Å². The minimum atomic E-state index is -0.753. The monoisotopic (exact) mass is 253 g/mol. The molecule has 4 N–H and O–H groups in total. The third-order valence-corrected chi connectivity index (χ3v) is 2.61. The van der Waals surface area contributed by atoms with Crippen molar-refractivity contribution in [3.8, 4) is 5.69 Å². The van der Waals surface area contributed by atoms with Crippen molar-refractivity contribution in [1.29, 1.82) is 0 Å². The van der Waals surface area contributed by atoms with Gasteiger partial charge in [0.05, 0.1) is 11.9 Å². The second-order valence-electron chi connectivity index (χ2n) is 3.63.